The van der Waals surface area contributed by atoms with Crippen LogP contribution in [0.1, 0.15) is 62.1 Å². The lowest BCUT2D eigenvalue weighted by molar-refractivity contribution is -0.0158. The number of aryl methyl sites for hydroxylation is 2. The Balaban J connectivity index is 1.46. The molecule has 1 aromatic heterocycles. The second kappa shape index (κ2) is 6.48. The summed E-state index contributed by atoms with van der Waals surface area (Å²) in [4.78, 5) is 0. The highest BCUT2D eigenvalue weighted by atomic mass is 16.3. The van der Waals surface area contributed by atoms with Crippen LogP contribution in [-0.2, 0) is 13.0 Å². The molecule has 148 valence electrons. The van der Waals surface area contributed by atoms with Gasteiger partial charge in [-0.3, -0.25) is 4.68 Å². The maximum absolute atomic E-state index is 11.3. The van der Waals surface area contributed by atoms with E-state index in [1.807, 2.05) is 23.0 Å². The Labute approximate surface area is 166 Å². The number of phenolic OH excluding ortho intramolecular Hbond substituents is 1. The van der Waals surface area contributed by atoms with E-state index in [1.54, 1.807) is 0 Å². The van der Waals surface area contributed by atoms with Crippen molar-refractivity contribution in [2.24, 2.45) is 17.3 Å². The minimum atomic E-state index is -0.357. The first kappa shape index (κ1) is 18.0. The minimum absolute atomic E-state index is 0.0256. The summed E-state index contributed by atoms with van der Waals surface area (Å²) in [5.74, 6) is 2.09. The highest BCUT2D eigenvalue weighted by Crippen LogP contribution is 2.62. The number of benzene rings is 1. The molecule has 0 spiro atoms. The summed E-state index contributed by atoms with van der Waals surface area (Å²) in [5.41, 5.74) is 5.01. The number of aliphatic hydroxyl groups is 1. The van der Waals surface area contributed by atoms with Crippen LogP contribution in [0, 0.1) is 17.3 Å². The molecule has 28 heavy (non-hydrogen) atoms. The van der Waals surface area contributed by atoms with E-state index in [1.165, 1.54) is 16.7 Å². The molecular formula is C24H30N2O2. The van der Waals surface area contributed by atoms with Crippen molar-refractivity contribution in [3.05, 3.63) is 52.9 Å². The summed E-state index contributed by atoms with van der Waals surface area (Å²) in [6.07, 6.45) is 11.2. The van der Waals surface area contributed by atoms with Crippen LogP contribution < -0.4 is 0 Å². The van der Waals surface area contributed by atoms with E-state index in [9.17, 15) is 10.2 Å². The monoisotopic (exact) mass is 378 g/mol. The lowest BCUT2D eigenvalue weighted by Crippen LogP contribution is -2.44. The fourth-order valence-corrected chi connectivity index (χ4v) is 6.41. The van der Waals surface area contributed by atoms with Gasteiger partial charge in [-0.05, 0) is 85.6 Å². The van der Waals surface area contributed by atoms with Gasteiger partial charge in [0, 0.05) is 23.7 Å². The molecule has 0 saturated heterocycles. The Bertz CT molecular complexity index is 930. The van der Waals surface area contributed by atoms with Gasteiger partial charge in [0.05, 0.1) is 12.3 Å². The van der Waals surface area contributed by atoms with Crippen LogP contribution in [0.25, 0.3) is 6.08 Å². The third-order valence-corrected chi connectivity index (χ3v) is 7.91. The van der Waals surface area contributed by atoms with Crippen molar-refractivity contribution in [1.29, 1.82) is 0 Å². The summed E-state index contributed by atoms with van der Waals surface area (Å²) < 4.78 is 1.94. The summed E-state index contributed by atoms with van der Waals surface area (Å²) >= 11 is 0. The van der Waals surface area contributed by atoms with Crippen molar-refractivity contribution in [1.82, 2.24) is 9.78 Å². The predicted octanol–water partition coefficient (Wildman–Crippen LogP) is 4.52. The largest absolute Gasteiger partial charge is 0.508 e. The summed E-state index contributed by atoms with van der Waals surface area (Å²) in [5, 5.41) is 25.5. The van der Waals surface area contributed by atoms with Gasteiger partial charge >= 0.3 is 0 Å². The number of nitrogens with zero attached hydrogens (tertiary/aromatic N) is 2. The molecule has 2 fully saturated rings. The molecule has 0 unspecified atom stereocenters. The second-order valence-electron chi connectivity index (χ2n) is 9.30. The molecule has 2 saturated carbocycles. The quantitative estimate of drug-likeness (QED) is 0.808. The van der Waals surface area contributed by atoms with E-state index in [0.29, 0.717) is 23.5 Å². The van der Waals surface area contributed by atoms with E-state index < -0.39 is 0 Å². The van der Waals surface area contributed by atoms with Gasteiger partial charge in [-0.1, -0.05) is 19.1 Å². The minimum Gasteiger partial charge on any atom is -0.508 e. The summed E-state index contributed by atoms with van der Waals surface area (Å²) in [6.45, 7) is 5.26. The zero-order valence-electron chi connectivity index (χ0n) is 16.8. The number of fused-ring (bicyclic) bond motifs is 5. The molecule has 0 amide bonds. The number of aromatic nitrogens is 2. The average molecular weight is 379 g/mol. The number of hydrogen-bond acceptors (Lipinski definition) is 3. The normalized spacial score (nSPS) is 35.5. The van der Waals surface area contributed by atoms with Crippen LogP contribution in [0.5, 0.6) is 5.75 Å². The first-order chi connectivity index (χ1) is 13.5. The van der Waals surface area contributed by atoms with Crippen molar-refractivity contribution < 1.29 is 10.2 Å². The van der Waals surface area contributed by atoms with Gasteiger partial charge in [0.15, 0.2) is 0 Å². The van der Waals surface area contributed by atoms with Gasteiger partial charge in [-0.25, -0.2) is 0 Å². The van der Waals surface area contributed by atoms with Crippen LogP contribution in [0.15, 0.2) is 36.2 Å². The van der Waals surface area contributed by atoms with E-state index in [0.717, 1.165) is 44.2 Å². The van der Waals surface area contributed by atoms with Gasteiger partial charge in [0.1, 0.15) is 5.75 Å². The first-order valence-corrected chi connectivity index (χ1v) is 10.7. The van der Waals surface area contributed by atoms with Crippen molar-refractivity contribution in [3.8, 4) is 5.75 Å². The smallest absolute Gasteiger partial charge is 0.115 e. The molecule has 2 aromatic rings. The Hall–Kier alpha value is -2.07. The molecule has 3 aliphatic carbocycles. The molecule has 4 nitrogen and oxygen atoms in total. The first-order valence-electron chi connectivity index (χ1n) is 10.7. The van der Waals surface area contributed by atoms with Crippen LogP contribution in [0.3, 0.4) is 0 Å². The topological polar surface area (TPSA) is 58.3 Å². The fraction of sp³-hybridized carbons (Fsp3) is 0.542. The summed E-state index contributed by atoms with van der Waals surface area (Å²) in [7, 11) is 0. The molecule has 3 aliphatic rings. The highest BCUT2D eigenvalue weighted by molar-refractivity contribution is 5.54. The molecule has 5 atom stereocenters. The van der Waals surface area contributed by atoms with Gasteiger partial charge in [-0.15, -0.1) is 0 Å². The van der Waals surface area contributed by atoms with E-state index in [-0.39, 0.29) is 11.5 Å². The molecule has 4 heteroatoms. The van der Waals surface area contributed by atoms with Crippen molar-refractivity contribution in [3.63, 3.8) is 0 Å². The van der Waals surface area contributed by atoms with Gasteiger partial charge in [-0.2, -0.15) is 5.10 Å². The third kappa shape index (κ3) is 2.65. The fourth-order valence-electron chi connectivity index (χ4n) is 6.41. The lowest BCUT2D eigenvalue weighted by Gasteiger charge is -2.49. The number of aromatic hydroxyl groups is 1. The summed E-state index contributed by atoms with van der Waals surface area (Å²) in [6, 6.07) is 5.94. The Morgan fingerprint density at radius 3 is 2.96 bits per heavy atom. The number of aliphatic hydroxyl groups excluding tert-OH is 1. The van der Waals surface area contributed by atoms with Gasteiger partial charge in [0.25, 0.3) is 0 Å². The van der Waals surface area contributed by atoms with E-state index in [4.69, 9.17) is 0 Å². The van der Waals surface area contributed by atoms with Gasteiger partial charge < -0.3 is 10.2 Å². The Kier molecular flexibility index (Phi) is 4.16. The molecule has 1 heterocycles. The Morgan fingerprint density at radius 2 is 2.18 bits per heavy atom. The molecule has 0 bridgehead atoms. The van der Waals surface area contributed by atoms with Crippen LogP contribution in [0.2, 0.25) is 0 Å². The van der Waals surface area contributed by atoms with Crippen LogP contribution in [-0.4, -0.2) is 26.1 Å². The third-order valence-electron chi connectivity index (χ3n) is 7.91. The van der Waals surface area contributed by atoms with Crippen LogP contribution >= 0.6 is 0 Å². The molecule has 2 N–H and O–H groups in total. The highest BCUT2D eigenvalue weighted by Gasteiger charge is 2.56. The SMILES string of the molecule is CCn1cc(/C=C2\C[C@H]3[C@@H]4CCc5cc(O)ccc5[C@@H]4CC[C@]3(C)[C@@H]2O)cn1. The predicted molar refractivity (Wildman–Crippen MR) is 110 cm³/mol. The molecule has 5 rings (SSSR count). The molecule has 0 radical (unpaired) electrons. The molecule has 1 aromatic carbocycles. The zero-order valence-corrected chi connectivity index (χ0v) is 16.8. The van der Waals surface area contributed by atoms with Crippen molar-refractivity contribution in [2.45, 2.75) is 64.5 Å². The number of phenols is 1. The van der Waals surface area contributed by atoms with E-state index in [2.05, 4.69) is 37.3 Å². The molecular weight excluding hydrogens is 348 g/mol. The average Bonchev–Trinajstić information content (AvgIpc) is 3.25. The molecule has 0 aliphatic heterocycles. The second-order valence-corrected chi connectivity index (χ2v) is 9.30. The maximum Gasteiger partial charge on any atom is 0.115 e. The van der Waals surface area contributed by atoms with Crippen molar-refractivity contribution in [2.75, 3.05) is 0 Å². The number of hydrogen-bond donors (Lipinski definition) is 2. The lowest BCUT2D eigenvalue weighted by atomic mass is 9.55. The van der Waals surface area contributed by atoms with E-state index >= 15 is 0 Å². The standard InChI is InChI=1S/C24H30N2O2/c1-3-26-14-15(13-25-26)10-17-12-22-21-6-4-16-11-18(27)5-7-19(16)20(21)8-9-24(22,2)23(17)28/h5,7,10-11,13-14,20-23,27-28H,3-4,6,8-9,12H2,1-2H3/b17-10+/t20-,21+,22-,23+,24-/m0/s1. The maximum atomic E-state index is 11.3. The zero-order chi connectivity index (χ0) is 19.5. The number of rotatable bonds is 2. The Morgan fingerprint density at radius 1 is 1.32 bits per heavy atom. The van der Waals surface area contributed by atoms with Crippen LogP contribution in [0.4, 0.5) is 0 Å². The van der Waals surface area contributed by atoms with Crippen molar-refractivity contribution >= 4 is 6.08 Å². The van der Waals surface area contributed by atoms with Gasteiger partial charge in [0.2, 0.25) is 0 Å².